The molecule has 4 heteroatoms. The Kier molecular flexibility index (Phi) is 6.74. The topological polar surface area (TPSA) is 14.8 Å². The van der Waals surface area contributed by atoms with Crippen LogP contribution in [-0.4, -0.2) is 28.2 Å². The molecular formula is C54H33N3Se. The molecule has 270 valence electrons. The molecule has 4 heterocycles. The summed E-state index contributed by atoms with van der Waals surface area (Å²) in [5, 5.41) is 10.3. The third-order valence-corrected chi connectivity index (χ3v) is 14.8. The van der Waals surface area contributed by atoms with Gasteiger partial charge in [0.05, 0.1) is 11.0 Å². The molecule has 58 heavy (non-hydrogen) atoms. The first-order chi connectivity index (χ1) is 28.8. The van der Waals surface area contributed by atoms with Crippen molar-refractivity contribution in [1.29, 1.82) is 0 Å². The van der Waals surface area contributed by atoms with Gasteiger partial charge in [-0.25, -0.2) is 0 Å². The van der Waals surface area contributed by atoms with Crippen LogP contribution < -0.4 is 0 Å². The van der Waals surface area contributed by atoms with Crippen LogP contribution in [0.2, 0.25) is 0 Å². The maximum atomic E-state index is 2.51. The third-order valence-electron chi connectivity index (χ3n) is 12.2. The average molecular weight is 803 g/mol. The van der Waals surface area contributed by atoms with Crippen LogP contribution in [0.1, 0.15) is 0 Å². The van der Waals surface area contributed by atoms with Crippen LogP contribution in [0.5, 0.6) is 0 Å². The second kappa shape index (κ2) is 12.2. The Balaban J connectivity index is 1.03. The summed E-state index contributed by atoms with van der Waals surface area (Å²) in [7, 11) is 0. The van der Waals surface area contributed by atoms with Crippen molar-refractivity contribution in [3.63, 3.8) is 0 Å². The molecule has 0 atom stereocenters. The van der Waals surface area contributed by atoms with Crippen LogP contribution >= 0.6 is 0 Å². The molecule has 13 aromatic rings. The summed E-state index contributed by atoms with van der Waals surface area (Å²) in [6, 6.07) is 74.0. The minimum atomic E-state index is 0.205. The van der Waals surface area contributed by atoms with E-state index < -0.39 is 0 Å². The number of nitrogens with zero attached hydrogens (tertiary/aromatic N) is 3. The van der Waals surface area contributed by atoms with E-state index in [0.29, 0.717) is 0 Å². The molecule has 0 radical (unpaired) electrons. The second-order valence-corrected chi connectivity index (χ2v) is 17.5. The molecule has 4 aromatic heterocycles. The SMILES string of the molecule is c1ccc(-c2cccc3c2[se]c2cccc(-n4c5ccccc5c5cc(-n6c7ccccc7c7cc(-n8c9ccccc9c9ccccc98)ccc76)ccc54)c23)cc1. The molecule has 0 amide bonds. The predicted molar refractivity (Wildman–Crippen MR) is 247 cm³/mol. The van der Waals surface area contributed by atoms with Gasteiger partial charge in [0.15, 0.2) is 0 Å². The Bertz CT molecular complexity index is 3750. The molecule has 0 aliphatic heterocycles. The van der Waals surface area contributed by atoms with Crippen LogP contribution in [0.25, 0.3) is 113 Å². The Morgan fingerprint density at radius 3 is 1.34 bits per heavy atom. The van der Waals surface area contributed by atoms with Crippen molar-refractivity contribution in [2.45, 2.75) is 0 Å². The predicted octanol–water partition coefficient (Wildman–Crippen LogP) is 14.0. The van der Waals surface area contributed by atoms with E-state index in [2.05, 4.69) is 214 Å². The van der Waals surface area contributed by atoms with E-state index in [1.165, 1.54) is 107 Å². The van der Waals surface area contributed by atoms with E-state index in [-0.39, 0.29) is 14.5 Å². The Morgan fingerprint density at radius 2 is 0.759 bits per heavy atom. The summed E-state index contributed by atoms with van der Waals surface area (Å²) in [5.41, 5.74) is 13.5. The number of aromatic nitrogens is 3. The summed E-state index contributed by atoms with van der Waals surface area (Å²) in [5.74, 6) is 0. The summed E-state index contributed by atoms with van der Waals surface area (Å²) in [4.78, 5) is 0. The van der Waals surface area contributed by atoms with Crippen molar-refractivity contribution in [3.8, 4) is 28.2 Å². The van der Waals surface area contributed by atoms with E-state index in [1.54, 1.807) is 0 Å². The van der Waals surface area contributed by atoms with Crippen molar-refractivity contribution >= 4 is 99.2 Å². The van der Waals surface area contributed by atoms with Gasteiger partial charge in [-0.15, -0.1) is 0 Å². The summed E-state index contributed by atoms with van der Waals surface area (Å²) in [6.07, 6.45) is 0. The molecule has 13 rings (SSSR count). The van der Waals surface area contributed by atoms with E-state index in [4.69, 9.17) is 0 Å². The zero-order valence-electron chi connectivity index (χ0n) is 31.3. The molecular weight excluding hydrogens is 770 g/mol. The van der Waals surface area contributed by atoms with Gasteiger partial charge >= 0.3 is 255 Å². The zero-order chi connectivity index (χ0) is 37.9. The van der Waals surface area contributed by atoms with Gasteiger partial charge in [-0.3, -0.25) is 0 Å². The fraction of sp³-hybridized carbons (Fsp3) is 0. The molecule has 0 N–H and O–H groups in total. The van der Waals surface area contributed by atoms with E-state index in [9.17, 15) is 0 Å². The first kappa shape index (κ1) is 32.0. The molecule has 0 saturated heterocycles. The van der Waals surface area contributed by atoms with Gasteiger partial charge in [0.25, 0.3) is 0 Å². The zero-order valence-corrected chi connectivity index (χ0v) is 33.0. The Morgan fingerprint density at radius 1 is 0.310 bits per heavy atom. The van der Waals surface area contributed by atoms with Gasteiger partial charge in [0.2, 0.25) is 0 Å². The molecule has 0 bridgehead atoms. The van der Waals surface area contributed by atoms with E-state index >= 15 is 0 Å². The van der Waals surface area contributed by atoms with Crippen molar-refractivity contribution in [2.24, 2.45) is 0 Å². The molecule has 0 unspecified atom stereocenters. The van der Waals surface area contributed by atoms with Gasteiger partial charge in [0, 0.05) is 16.5 Å². The molecule has 0 fully saturated rings. The summed E-state index contributed by atoms with van der Waals surface area (Å²) < 4.78 is 10.3. The standard InChI is InChI=1S/C54H33N3Se/c1-2-14-34(15-3-1)37-20-12-21-42-53-51(26-13-27-52(53)58-54(37)42)57-48-25-11-7-19-41(48)44-33-36(29-31-50(44)57)56-47-24-10-6-18-40(47)43-32-35(28-30-49(43)56)55-45-22-8-4-16-38(45)39-17-5-9-23-46(39)55/h1-33H. The fourth-order valence-corrected chi connectivity index (χ4v) is 12.4. The third kappa shape index (κ3) is 4.44. The number of rotatable bonds is 4. The number of hydrogen-bond acceptors (Lipinski definition) is 0. The van der Waals surface area contributed by atoms with Crippen molar-refractivity contribution in [3.05, 3.63) is 200 Å². The first-order valence-electron chi connectivity index (χ1n) is 19.9. The second-order valence-electron chi connectivity index (χ2n) is 15.3. The number of hydrogen-bond donors (Lipinski definition) is 0. The minimum absolute atomic E-state index is 0.205. The summed E-state index contributed by atoms with van der Waals surface area (Å²) >= 11 is 0.205. The Hall–Kier alpha value is -7.10. The normalized spacial score (nSPS) is 12.1. The van der Waals surface area contributed by atoms with Gasteiger partial charge in [-0.2, -0.15) is 0 Å². The quantitative estimate of drug-likeness (QED) is 0.158. The van der Waals surface area contributed by atoms with Crippen LogP contribution in [0, 0.1) is 0 Å². The summed E-state index contributed by atoms with van der Waals surface area (Å²) in [6.45, 7) is 0. The van der Waals surface area contributed by atoms with Crippen LogP contribution in [0.4, 0.5) is 0 Å². The first-order valence-corrected chi connectivity index (χ1v) is 21.6. The molecule has 0 aliphatic rings. The number of fused-ring (bicyclic) bond motifs is 12. The number of para-hydroxylation sites is 4. The van der Waals surface area contributed by atoms with Gasteiger partial charge in [0.1, 0.15) is 0 Å². The van der Waals surface area contributed by atoms with E-state index in [1.807, 2.05) is 0 Å². The Labute approximate surface area is 339 Å². The fourth-order valence-electron chi connectivity index (χ4n) is 9.80. The average Bonchev–Trinajstić information content (AvgIpc) is 4.03. The van der Waals surface area contributed by atoms with E-state index in [0.717, 1.165) is 5.69 Å². The molecule has 0 spiro atoms. The monoisotopic (exact) mass is 803 g/mol. The van der Waals surface area contributed by atoms with Crippen LogP contribution in [0.15, 0.2) is 200 Å². The van der Waals surface area contributed by atoms with Crippen molar-refractivity contribution in [2.75, 3.05) is 0 Å². The molecule has 3 nitrogen and oxygen atoms in total. The number of benzene rings is 9. The van der Waals surface area contributed by atoms with Gasteiger partial charge in [-0.1, -0.05) is 42.5 Å². The van der Waals surface area contributed by atoms with Gasteiger partial charge < -0.3 is 4.57 Å². The maximum absolute atomic E-state index is 2.51. The molecule has 9 aromatic carbocycles. The van der Waals surface area contributed by atoms with Crippen molar-refractivity contribution < 1.29 is 0 Å². The molecule has 0 aliphatic carbocycles. The molecule has 0 saturated carbocycles. The van der Waals surface area contributed by atoms with Gasteiger partial charge in [-0.05, 0) is 12.1 Å². The van der Waals surface area contributed by atoms with Crippen LogP contribution in [-0.2, 0) is 0 Å². The van der Waals surface area contributed by atoms with Crippen LogP contribution in [0.3, 0.4) is 0 Å². The van der Waals surface area contributed by atoms with Crippen molar-refractivity contribution in [1.82, 2.24) is 13.7 Å².